The fourth-order valence-electron chi connectivity index (χ4n) is 2.64. The number of nitro groups is 1. The third-order valence-corrected chi connectivity index (χ3v) is 3.70. The van der Waals surface area contributed by atoms with E-state index in [0.717, 1.165) is 18.5 Å². The maximum absolute atomic E-state index is 11.0. The standard InChI is InChI=1S/C14H18N2O5/c1-21-13-5-4-10(7-12(13)16(19)20)8-15-6-2-3-11(9-15)14(17)18/h4-5,7,11H,2-3,6,8-9H2,1H3,(H,17,18). The zero-order valence-electron chi connectivity index (χ0n) is 11.8. The van der Waals surface area contributed by atoms with Gasteiger partial charge in [-0.1, -0.05) is 6.07 Å². The van der Waals surface area contributed by atoms with Gasteiger partial charge in [0, 0.05) is 19.2 Å². The number of carbonyl (C=O) groups is 1. The molecule has 1 aliphatic rings. The molecule has 0 aliphatic carbocycles. The van der Waals surface area contributed by atoms with Gasteiger partial charge in [0.15, 0.2) is 5.75 Å². The lowest BCUT2D eigenvalue weighted by atomic mass is 9.98. The third kappa shape index (κ3) is 3.69. The molecule has 0 saturated carbocycles. The topological polar surface area (TPSA) is 92.9 Å². The van der Waals surface area contributed by atoms with Gasteiger partial charge >= 0.3 is 11.7 Å². The zero-order chi connectivity index (χ0) is 15.4. The number of piperidine rings is 1. The summed E-state index contributed by atoms with van der Waals surface area (Å²) in [5, 5.41) is 20.1. The molecule has 1 aromatic rings. The Balaban J connectivity index is 2.10. The number of benzene rings is 1. The number of hydrogen-bond acceptors (Lipinski definition) is 5. The first-order valence-electron chi connectivity index (χ1n) is 6.77. The zero-order valence-corrected chi connectivity index (χ0v) is 11.8. The molecule has 0 bridgehead atoms. The second-order valence-corrected chi connectivity index (χ2v) is 5.18. The average molecular weight is 294 g/mol. The molecule has 1 aromatic carbocycles. The first-order chi connectivity index (χ1) is 10.0. The Morgan fingerprint density at radius 2 is 2.33 bits per heavy atom. The highest BCUT2D eigenvalue weighted by atomic mass is 16.6. The van der Waals surface area contributed by atoms with Crippen molar-refractivity contribution >= 4 is 11.7 Å². The first kappa shape index (κ1) is 15.2. The smallest absolute Gasteiger partial charge is 0.311 e. The van der Waals surface area contributed by atoms with E-state index in [1.807, 2.05) is 4.90 Å². The molecule has 21 heavy (non-hydrogen) atoms. The van der Waals surface area contributed by atoms with Gasteiger partial charge in [0.2, 0.25) is 0 Å². The van der Waals surface area contributed by atoms with Gasteiger partial charge in [0.25, 0.3) is 0 Å². The third-order valence-electron chi connectivity index (χ3n) is 3.70. The summed E-state index contributed by atoms with van der Waals surface area (Å²) in [6.45, 7) is 1.80. The van der Waals surface area contributed by atoms with Crippen molar-refractivity contribution in [2.75, 3.05) is 20.2 Å². The van der Waals surface area contributed by atoms with E-state index in [9.17, 15) is 14.9 Å². The van der Waals surface area contributed by atoms with E-state index in [0.29, 0.717) is 19.5 Å². The SMILES string of the molecule is COc1ccc(CN2CCCC(C(=O)O)C2)cc1[N+](=O)[O-]. The van der Waals surface area contributed by atoms with Crippen molar-refractivity contribution in [3.63, 3.8) is 0 Å². The monoisotopic (exact) mass is 294 g/mol. The largest absolute Gasteiger partial charge is 0.490 e. The minimum atomic E-state index is -0.777. The predicted molar refractivity (Wildman–Crippen MR) is 75.3 cm³/mol. The highest BCUT2D eigenvalue weighted by molar-refractivity contribution is 5.70. The molecule has 1 atom stereocenters. The van der Waals surface area contributed by atoms with Crippen molar-refractivity contribution in [2.45, 2.75) is 19.4 Å². The number of carboxylic acid groups (broad SMARTS) is 1. The lowest BCUT2D eigenvalue weighted by Gasteiger charge is -2.30. The van der Waals surface area contributed by atoms with Crippen molar-refractivity contribution < 1.29 is 19.6 Å². The van der Waals surface area contributed by atoms with Gasteiger partial charge in [-0.15, -0.1) is 0 Å². The molecular weight excluding hydrogens is 276 g/mol. The van der Waals surface area contributed by atoms with Crippen molar-refractivity contribution in [3.05, 3.63) is 33.9 Å². The molecule has 2 rings (SSSR count). The Labute approximate surface area is 122 Å². The van der Waals surface area contributed by atoms with Crippen LogP contribution in [0.4, 0.5) is 5.69 Å². The first-order valence-corrected chi connectivity index (χ1v) is 6.77. The van der Waals surface area contributed by atoms with Crippen LogP contribution in [0.1, 0.15) is 18.4 Å². The minimum absolute atomic E-state index is 0.0678. The number of likely N-dealkylation sites (tertiary alicyclic amines) is 1. The number of rotatable bonds is 5. The van der Waals surface area contributed by atoms with Gasteiger partial charge in [-0.05, 0) is 31.0 Å². The second kappa shape index (κ2) is 6.53. The molecule has 1 saturated heterocycles. The number of nitrogens with zero attached hydrogens (tertiary/aromatic N) is 2. The van der Waals surface area contributed by atoms with Crippen LogP contribution in [0.2, 0.25) is 0 Å². The normalized spacial score (nSPS) is 19.2. The Bertz CT molecular complexity index is 546. The average Bonchev–Trinajstić information content (AvgIpc) is 2.47. The number of nitro benzene ring substituents is 1. The van der Waals surface area contributed by atoms with Crippen LogP contribution in [0.15, 0.2) is 18.2 Å². The van der Waals surface area contributed by atoms with E-state index in [2.05, 4.69) is 0 Å². The van der Waals surface area contributed by atoms with E-state index >= 15 is 0 Å². The Morgan fingerprint density at radius 3 is 2.95 bits per heavy atom. The summed E-state index contributed by atoms with van der Waals surface area (Å²) in [5.74, 6) is -0.904. The lowest BCUT2D eigenvalue weighted by molar-refractivity contribution is -0.385. The van der Waals surface area contributed by atoms with E-state index in [4.69, 9.17) is 9.84 Å². The summed E-state index contributed by atoms with van der Waals surface area (Å²) in [5.41, 5.74) is 0.718. The second-order valence-electron chi connectivity index (χ2n) is 5.18. The van der Waals surface area contributed by atoms with Crippen LogP contribution in [-0.4, -0.2) is 41.1 Å². The summed E-state index contributed by atoms with van der Waals surface area (Å²) in [4.78, 5) is 23.6. The predicted octanol–water partition coefficient (Wildman–Crippen LogP) is 1.90. The van der Waals surface area contributed by atoms with Gasteiger partial charge in [0.05, 0.1) is 18.0 Å². The number of carboxylic acids is 1. The van der Waals surface area contributed by atoms with Gasteiger partial charge in [-0.3, -0.25) is 19.8 Å². The molecule has 114 valence electrons. The van der Waals surface area contributed by atoms with Gasteiger partial charge in [0.1, 0.15) is 0 Å². The van der Waals surface area contributed by atoms with E-state index in [1.165, 1.54) is 13.2 Å². The van der Waals surface area contributed by atoms with Gasteiger partial charge in [-0.2, -0.15) is 0 Å². The molecule has 1 unspecified atom stereocenters. The highest BCUT2D eigenvalue weighted by Crippen LogP contribution is 2.28. The molecular formula is C14H18N2O5. The van der Waals surface area contributed by atoms with E-state index < -0.39 is 10.9 Å². The number of methoxy groups -OCH3 is 1. The molecule has 7 heteroatoms. The molecule has 0 amide bonds. The molecule has 1 heterocycles. The Morgan fingerprint density at radius 1 is 1.57 bits per heavy atom. The van der Waals surface area contributed by atoms with E-state index in [1.54, 1.807) is 12.1 Å². The van der Waals surface area contributed by atoms with Crippen LogP contribution in [-0.2, 0) is 11.3 Å². The van der Waals surface area contributed by atoms with Crippen LogP contribution < -0.4 is 4.74 Å². The molecule has 1 aliphatic heterocycles. The Kier molecular flexibility index (Phi) is 4.74. The summed E-state index contributed by atoms with van der Waals surface area (Å²) in [6, 6.07) is 4.84. The van der Waals surface area contributed by atoms with Crippen molar-refractivity contribution in [1.29, 1.82) is 0 Å². The van der Waals surface area contributed by atoms with Crippen LogP contribution in [0.25, 0.3) is 0 Å². The summed E-state index contributed by atoms with van der Waals surface area (Å²) >= 11 is 0. The van der Waals surface area contributed by atoms with Crippen LogP contribution in [0, 0.1) is 16.0 Å². The fraction of sp³-hybridized carbons (Fsp3) is 0.500. The number of aliphatic carboxylic acids is 1. The molecule has 7 nitrogen and oxygen atoms in total. The Hall–Kier alpha value is -2.15. The lowest BCUT2D eigenvalue weighted by Crippen LogP contribution is -2.38. The summed E-state index contributed by atoms with van der Waals surface area (Å²) in [7, 11) is 1.39. The maximum Gasteiger partial charge on any atom is 0.311 e. The quantitative estimate of drug-likeness (QED) is 0.658. The van der Waals surface area contributed by atoms with Crippen LogP contribution in [0.5, 0.6) is 5.75 Å². The number of ether oxygens (including phenoxy) is 1. The van der Waals surface area contributed by atoms with Crippen molar-refractivity contribution in [1.82, 2.24) is 4.90 Å². The molecule has 1 N–H and O–H groups in total. The highest BCUT2D eigenvalue weighted by Gasteiger charge is 2.25. The molecule has 0 spiro atoms. The van der Waals surface area contributed by atoms with Crippen LogP contribution in [0.3, 0.4) is 0 Å². The fourth-order valence-corrected chi connectivity index (χ4v) is 2.64. The van der Waals surface area contributed by atoms with Crippen molar-refractivity contribution in [3.8, 4) is 5.75 Å². The summed E-state index contributed by atoms with van der Waals surface area (Å²) in [6.07, 6.45) is 1.52. The van der Waals surface area contributed by atoms with Crippen molar-refractivity contribution in [2.24, 2.45) is 5.92 Å². The molecule has 1 fully saturated rings. The van der Waals surface area contributed by atoms with Gasteiger partial charge < -0.3 is 9.84 Å². The van der Waals surface area contributed by atoms with Gasteiger partial charge in [-0.25, -0.2) is 0 Å². The van der Waals surface area contributed by atoms with Crippen LogP contribution >= 0.6 is 0 Å². The van der Waals surface area contributed by atoms with E-state index in [-0.39, 0.29) is 17.4 Å². The summed E-state index contributed by atoms with van der Waals surface area (Å²) < 4.78 is 4.97. The molecule has 0 aromatic heterocycles. The maximum atomic E-state index is 11.0. The minimum Gasteiger partial charge on any atom is -0.490 e. The molecule has 0 radical (unpaired) electrons. The number of hydrogen-bond donors (Lipinski definition) is 1.